The molecule has 100 valence electrons. The third kappa shape index (κ3) is 3.19. The van der Waals surface area contributed by atoms with Crippen molar-refractivity contribution in [1.82, 2.24) is 5.32 Å². The fraction of sp³-hybridized carbons (Fsp3) is 0.417. The summed E-state index contributed by atoms with van der Waals surface area (Å²) in [7, 11) is 2.92. The summed E-state index contributed by atoms with van der Waals surface area (Å²) in [5.41, 5.74) is 6.49. The molecule has 0 bridgehead atoms. The number of aliphatic hydroxyl groups excluding tert-OH is 2. The molecule has 6 nitrogen and oxygen atoms in total. The van der Waals surface area contributed by atoms with Crippen molar-refractivity contribution in [2.24, 2.45) is 0 Å². The standard InChI is InChI=1S/C12H18N2O4/c1-14-6-10(15)11(16)7-3-4-9(13)8(5-7)12(17)18-2/h3-5,10-11,14-16H,6,13H2,1-2H3. The van der Waals surface area contributed by atoms with Crippen molar-refractivity contribution >= 4 is 11.7 Å². The maximum Gasteiger partial charge on any atom is 0.339 e. The van der Waals surface area contributed by atoms with Gasteiger partial charge in [-0.15, -0.1) is 0 Å². The van der Waals surface area contributed by atoms with Crippen molar-refractivity contribution in [2.45, 2.75) is 12.2 Å². The van der Waals surface area contributed by atoms with Crippen LogP contribution in [0.5, 0.6) is 0 Å². The van der Waals surface area contributed by atoms with Crippen LogP contribution in [0.1, 0.15) is 22.0 Å². The smallest absolute Gasteiger partial charge is 0.339 e. The first-order chi connectivity index (χ1) is 8.51. The zero-order valence-electron chi connectivity index (χ0n) is 10.4. The Morgan fingerprint density at radius 2 is 2.17 bits per heavy atom. The molecular formula is C12H18N2O4. The van der Waals surface area contributed by atoms with Gasteiger partial charge in [-0.2, -0.15) is 0 Å². The number of hydrogen-bond acceptors (Lipinski definition) is 6. The molecule has 6 heteroatoms. The van der Waals surface area contributed by atoms with Gasteiger partial charge in [0, 0.05) is 12.2 Å². The maximum absolute atomic E-state index is 11.4. The molecule has 0 radical (unpaired) electrons. The molecule has 0 aliphatic carbocycles. The number of nitrogen functional groups attached to an aromatic ring is 1. The summed E-state index contributed by atoms with van der Waals surface area (Å²) < 4.78 is 4.58. The van der Waals surface area contributed by atoms with Crippen LogP contribution < -0.4 is 11.1 Å². The molecule has 5 N–H and O–H groups in total. The van der Waals surface area contributed by atoms with Gasteiger partial charge in [-0.1, -0.05) is 6.07 Å². The Balaban J connectivity index is 3.00. The summed E-state index contributed by atoms with van der Waals surface area (Å²) in [4.78, 5) is 11.4. The van der Waals surface area contributed by atoms with E-state index < -0.39 is 18.2 Å². The Morgan fingerprint density at radius 3 is 2.72 bits per heavy atom. The Labute approximate surface area is 105 Å². The number of nitrogens with two attached hydrogens (primary N) is 1. The van der Waals surface area contributed by atoms with Crippen molar-refractivity contribution in [1.29, 1.82) is 0 Å². The fourth-order valence-corrected chi connectivity index (χ4v) is 1.59. The molecule has 2 unspecified atom stereocenters. The van der Waals surface area contributed by atoms with E-state index in [1.54, 1.807) is 13.1 Å². The highest BCUT2D eigenvalue weighted by Crippen LogP contribution is 2.22. The summed E-state index contributed by atoms with van der Waals surface area (Å²) in [6.07, 6.45) is -2.06. The number of carbonyl (C=O) groups excluding carboxylic acids is 1. The number of carbonyl (C=O) groups is 1. The van der Waals surface area contributed by atoms with Gasteiger partial charge in [-0.05, 0) is 24.7 Å². The molecule has 0 aliphatic heterocycles. The quantitative estimate of drug-likeness (QED) is 0.423. The number of benzene rings is 1. The van der Waals surface area contributed by atoms with Crippen LogP contribution in [0.25, 0.3) is 0 Å². The van der Waals surface area contributed by atoms with E-state index in [0.29, 0.717) is 5.56 Å². The Kier molecular flexibility index (Phi) is 5.08. The van der Waals surface area contributed by atoms with Gasteiger partial charge in [0.05, 0.1) is 18.8 Å². The summed E-state index contributed by atoms with van der Waals surface area (Å²) in [6.45, 7) is 0.235. The number of methoxy groups -OCH3 is 1. The lowest BCUT2D eigenvalue weighted by atomic mass is 10.0. The number of likely N-dealkylation sites (N-methyl/N-ethyl adjacent to an activating group) is 1. The number of hydrogen-bond donors (Lipinski definition) is 4. The van der Waals surface area contributed by atoms with Crippen molar-refractivity contribution in [3.05, 3.63) is 29.3 Å². The van der Waals surface area contributed by atoms with Gasteiger partial charge in [-0.3, -0.25) is 0 Å². The zero-order chi connectivity index (χ0) is 13.7. The molecule has 0 saturated heterocycles. The van der Waals surface area contributed by atoms with Crippen molar-refractivity contribution in [2.75, 3.05) is 26.4 Å². The summed E-state index contributed by atoms with van der Waals surface area (Å²) in [5, 5.41) is 22.3. The lowest BCUT2D eigenvalue weighted by Gasteiger charge is -2.18. The van der Waals surface area contributed by atoms with Gasteiger partial charge in [0.2, 0.25) is 0 Å². The van der Waals surface area contributed by atoms with E-state index in [4.69, 9.17) is 5.73 Å². The number of esters is 1. The lowest BCUT2D eigenvalue weighted by molar-refractivity contribution is 0.0201. The highest BCUT2D eigenvalue weighted by atomic mass is 16.5. The van der Waals surface area contributed by atoms with Gasteiger partial charge >= 0.3 is 5.97 Å². The van der Waals surface area contributed by atoms with E-state index in [9.17, 15) is 15.0 Å². The van der Waals surface area contributed by atoms with Crippen LogP contribution >= 0.6 is 0 Å². The first-order valence-electron chi connectivity index (χ1n) is 5.49. The SMILES string of the molecule is CNCC(O)C(O)c1ccc(N)c(C(=O)OC)c1. The number of nitrogens with one attached hydrogen (secondary N) is 1. The molecule has 0 saturated carbocycles. The van der Waals surface area contributed by atoms with E-state index in [-0.39, 0.29) is 17.8 Å². The van der Waals surface area contributed by atoms with Gasteiger partial charge in [0.15, 0.2) is 0 Å². The van der Waals surface area contributed by atoms with E-state index in [1.165, 1.54) is 19.2 Å². The molecular weight excluding hydrogens is 236 g/mol. The molecule has 0 aromatic heterocycles. The summed E-state index contributed by atoms with van der Waals surface area (Å²) >= 11 is 0. The average molecular weight is 254 g/mol. The Bertz CT molecular complexity index is 423. The first kappa shape index (κ1) is 14.4. The van der Waals surface area contributed by atoms with Crippen molar-refractivity contribution < 1.29 is 19.7 Å². The van der Waals surface area contributed by atoms with E-state index in [2.05, 4.69) is 10.1 Å². The number of ether oxygens (including phenoxy) is 1. The van der Waals surface area contributed by atoms with Gasteiger partial charge in [-0.25, -0.2) is 4.79 Å². The first-order valence-corrected chi connectivity index (χ1v) is 5.49. The molecule has 0 heterocycles. The molecule has 1 aromatic rings. The van der Waals surface area contributed by atoms with Gasteiger partial charge < -0.3 is 26.0 Å². The normalized spacial score (nSPS) is 14.0. The van der Waals surface area contributed by atoms with E-state index in [1.807, 2.05) is 0 Å². The van der Waals surface area contributed by atoms with Crippen LogP contribution in [0.3, 0.4) is 0 Å². The monoisotopic (exact) mass is 254 g/mol. The second kappa shape index (κ2) is 6.34. The zero-order valence-corrected chi connectivity index (χ0v) is 10.4. The molecule has 1 aromatic carbocycles. The third-order valence-corrected chi connectivity index (χ3v) is 2.60. The predicted molar refractivity (Wildman–Crippen MR) is 67.1 cm³/mol. The summed E-state index contributed by atoms with van der Waals surface area (Å²) in [5.74, 6) is -0.579. The molecule has 0 aliphatic rings. The van der Waals surface area contributed by atoms with Gasteiger partial charge in [0.25, 0.3) is 0 Å². The number of rotatable bonds is 5. The molecule has 0 spiro atoms. The van der Waals surface area contributed by atoms with E-state index >= 15 is 0 Å². The largest absolute Gasteiger partial charge is 0.465 e. The molecule has 0 fully saturated rings. The summed E-state index contributed by atoms with van der Waals surface area (Å²) in [6, 6.07) is 4.48. The highest BCUT2D eigenvalue weighted by Gasteiger charge is 2.20. The topological polar surface area (TPSA) is 105 Å². The van der Waals surface area contributed by atoms with E-state index in [0.717, 1.165) is 0 Å². The number of aliphatic hydroxyl groups is 2. The van der Waals surface area contributed by atoms with Crippen LogP contribution in [0.4, 0.5) is 5.69 Å². The minimum Gasteiger partial charge on any atom is -0.465 e. The average Bonchev–Trinajstić information content (AvgIpc) is 2.38. The second-order valence-electron chi connectivity index (χ2n) is 3.91. The van der Waals surface area contributed by atoms with Gasteiger partial charge in [0.1, 0.15) is 6.10 Å². The van der Waals surface area contributed by atoms with Crippen LogP contribution in [0, 0.1) is 0 Å². The van der Waals surface area contributed by atoms with Crippen molar-refractivity contribution in [3.8, 4) is 0 Å². The van der Waals surface area contributed by atoms with Crippen molar-refractivity contribution in [3.63, 3.8) is 0 Å². The third-order valence-electron chi connectivity index (χ3n) is 2.60. The fourth-order valence-electron chi connectivity index (χ4n) is 1.59. The maximum atomic E-state index is 11.4. The van der Waals surface area contributed by atoms with Crippen LogP contribution in [0.2, 0.25) is 0 Å². The van der Waals surface area contributed by atoms with Crippen LogP contribution in [0.15, 0.2) is 18.2 Å². The second-order valence-corrected chi connectivity index (χ2v) is 3.91. The number of anilines is 1. The highest BCUT2D eigenvalue weighted by molar-refractivity contribution is 5.95. The lowest BCUT2D eigenvalue weighted by Crippen LogP contribution is -2.29. The van der Waals surface area contributed by atoms with Crippen LogP contribution in [-0.4, -0.2) is 43.0 Å². The molecule has 18 heavy (non-hydrogen) atoms. The molecule has 2 atom stereocenters. The molecule has 1 rings (SSSR count). The Morgan fingerprint density at radius 1 is 1.50 bits per heavy atom. The van der Waals surface area contributed by atoms with Crippen LogP contribution in [-0.2, 0) is 4.74 Å². The predicted octanol–water partition coefficient (Wildman–Crippen LogP) is -0.331. The minimum absolute atomic E-state index is 0.172. The minimum atomic E-state index is -1.10. The Hall–Kier alpha value is -1.63. The molecule has 0 amide bonds.